The zero-order valence-electron chi connectivity index (χ0n) is 10.6. The highest BCUT2D eigenvalue weighted by molar-refractivity contribution is 6.41. The molecule has 1 aliphatic carbocycles. The summed E-state index contributed by atoms with van der Waals surface area (Å²) in [5.41, 5.74) is 1.25. The molecule has 0 fully saturated rings. The van der Waals surface area contributed by atoms with Crippen LogP contribution >= 0.6 is 0 Å². The first kappa shape index (κ1) is 12.4. The monoisotopic (exact) mass is 266 g/mol. The minimum absolute atomic E-state index is 0.162. The molecule has 0 bridgehead atoms. The van der Waals surface area contributed by atoms with Gasteiger partial charge < -0.3 is 0 Å². The second-order valence-corrected chi connectivity index (χ2v) is 6.31. The number of allylic oxidation sites excluding steroid dienone is 4. The molecule has 3 rings (SSSR count). The summed E-state index contributed by atoms with van der Waals surface area (Å²) in [4.78, 5) is 0. The Bertz CT molecular complexity index is 639. The summed E-state index contributed by atoms with van der Waals surface area (Å²) < 4.78 is 13.1. The first-order valence-corrected chi connectivity index (χ1v) is 7.70. The number of fused-ring (bicyclic) bond motifs is 1. The largest absolute Gasteiger partial charge is 0.255 e. The molecular weight excluding hydrogens is 251 g/mol. The van der Waals surface area contributed by atoms with Gasteiger partial charge in [0.05, 0.1) is 15.8 Å². The summed E-state index contributed by atoms with van der Waals surface area (Å²) in [6, 6.07) is 14.7. The minimum Gasteiger partial charge on any atom is -0.255 e. The van der Waals surface area contributed by atoms with Gasteiger partial charge in [-0.15, -0.1) is 0 Å². The Morgan fingerprint density at radius 2 is 1.89 bits per heavy atom. The molecule has 2 radical (unpaired) electrons. The van der Waals surface area contributed by atoms with Crippen LogP contribution in [0.2, 0.25) is 0 Å². The summed E-state index contributed by atoms with van der Waals surface area (Å²) in [5, 5.41) is 2.31. The summed E-state index contributed by atoms with van der Waals surface area (Å²) in [6.45, 7) is 0. The highest BCUT2D eigenvalue weighted by atomic mass is 28.2. The second kappa shape index (κ2) is 5.14. The zero-order valence-corrected chi connectivity index (χ0v) is 11.6. The third-order valence-electron chi connectivity index (χ3n) is 3.72. The lowest BCUT2D eigenvalue weighted by molar-refractivity contribution is 0.578. The number of halogens is 1. The molecule has 1 atom stereocenters. The smallest absolute Gasteiger partial charge is 0.0993 e. The topological polar surface area (TPSA) is 0 Å². The van der Waals surface area contributed by atoms with E-state index < -0.39 is 0 Å². The van der Waals surface area contributed by atoms with Crippen molar-refractivity contribution in [2.24, 2.45) is 0 Å². The molecule has 0 aliphatic heterocycles. The fourth-order valence-electron chi connectivity index (χ4n) is 2.78. The van der Waals surface area contributed by atoms with Gasteiger partial charge in [-0.25, -0.2) is 0 Å². The molecule has 0 aromatic heterocycles. The lowest BCUT2D eigenvalue weighted by atomic mass is 9.87. The van der Waals surface area contributed by atoms with Gasteiger partial charge in [-0.3, -0.25) is 4.39 Å². The van der Waals surface area contributed by atoms with E-state index >= 15 is 0 Å². The zero-order chi connectivity index (χ0) is 13.1. The van der Waals surface area contributed by atoms with Crippen LogP contribution in [0, 0.1) is 0 Å². The van der Waals surface area contributed by atoms with Crippen molar-refractivity contribution < 1.29 is 4.39 Å². The maximum atomic E-state index is 13.1. The van der Waals surface area contributed by atoms with Crippen LogP contribution in [0.1, 0.15) is 12.0 Å². The van der Waals surface area contributed by atoms with Crippen molar-refractivity contribution in [3.05, 3.63) is 72.3 Å². The number of alkyl halides is 1. The van der Waals surface area contributed by atoms with E-state index in [1.165, 1.54) is 16.3 Å². The lowest BCUT2D eigenvalue weighted by Gasteiger charge is -2.31. The molecule has 94 valence electrons. The molecule has 1 aliphatic rings. The van der Waals surface area contributed by atoms with Crippen LogP contribution < -0.4 is 0 Å². The summed E-state index contributed by atoms with van der Waals surface area (Å²) >= 11 is 0. The van der Waals surface area contributed by atoms with Gasteiger partial charge in [0, 0.05) is 5.04 Å². The van der Waals surface area contributed by atoms with E-state index in [1.807, 2.05) is 18.2 Å². The van der Waals surface area contributed by atoms with Gasteiger partial charge in [0.1, 0.15) is 0 Å². The van der Waals surface area contributed by atoms with Crippen molar-refractivity contribution >= 4 is 20.3 Å². The molecule has 2 heteroatoms. The molecule has 0 heterocycles. The van der Waals surface area contributed by atoms with Crippen molar-refractivity contribution in [2.75, 3.05) is 6.30 Å². The van der Waals surface area contributed by atoms with Gasteiger partial charge in [0.2, 0.25) is 0 Å². The van der Waals surface area contributed by atoms with E-state index in [0.29, 0.717) is 0 Å². The van der Waals surface area contributed by atoms with E-state index in [2.05, 4.69) is 48.6 Å². The SMILES string of the molecule is FC[Si]C1(c2cccc3ccccc23)C=CC=CC1. The molecule has 0 saturated carbocycles. The molecule has 0 nitrogen and oxygen atoms in total. The maximum Gasteiger partial charge on any atom is 0.0993 e. The number of benzene rings is 2. The van der Waals surface area contributed by atoms with Gasteiger partial charge in [-0.1, -0.05) is 66.8 Å². The first-order chi connectivity index (χ1) is 9.36. The predicted molar refractivity (Wildman–Crippen MR) is 80.3 cm³/mol. The fourth-order valence-corrected chi connectivity index (χ4v) is 3.90. The molecule has 1 unspecified atom stereocenters. The van der Waals surface area contributed by atoms with Gasteiger partial charge >= 0.3 is 0 Å². The molecule has 0 amide bonds. The van der Waals surface area contributed by atoms with Crippen molar-refractivity contribution in [1.82, 2.24) is 0 Å². The molecule has 0 N–H and O–H groups in total. The molecule has 2 aromatic rings. The average Bonchev–Trinajstić information content (AvgIpc) is 2.48. The standard InChI is InChI=1S/C17H15FSi/c18-13-19-17(11-4-1-5-12-17)16-10-6-8-14-7-2-3-9-15(14)16/h1-11H,12-13H2. The Labute approximate surface area is 115 Å². The highest BCUT2D eigenvalue weighted by Crippen LogP contribution is 2.36. The molecule has 0 saturated heterocycles. The Morgan fingerprint density at radius 3 is 2.68 bits per heavy atom. The molecular formula is C17H15FSi. The average molecular weight is 266 g/mol. The van der Waals surface area contributed by atoms with E-state index in [0.717, 1.165) is 6.42 Å². The van der Waals surface area contributed by atoms with Gasteiger partial charge in [-0.05, 0) is 22.8 Å². The predicted octanol–water partition coefficient (Wildman–Crippen LogP) is 4.18. The van der Waals surface area contributed by atoms with Gasteiger partial charge in [0.15, 0.2) is 0 Å². The van der Waals surface area contributed by atoms with Crippen molar-refractivity contribution in [2.45, 2.75) is 11.5 Å². The van der Waals surface area contributed by atoms with Crippen LogP contribution in [0.25, 0.3) is 10.8 Å². The second-order valence-electron chi connectivity index (χ2n) is 4.80. The first-order valence-electron chi connectivity index (χ1n) is 6.49. The van der Waals surface area contributed by atoms with Crippen LogP contribution in [0.3, 0.4) is 0 Å². The van der Waals surface area contributed by atoms with Crippen LogP contribution in [0.4, 0.5) is 4.39 Å². The quantitative estimate of drug-likeness (QED) is 0.731. The van der Waals surface area contributed by atoms with E-state index in [4.69, 9.17) is 0 Å². The van der Waals surface area contributed by atoms with Crippen molar-refractivity contribution in [3.63, 3.8) is 0 Å². The third kappa shape index (κ3) is 2.17. The van der Waals surface area contributed by atoms with Crippen LogP contribution in [-0.2, 0) is 5.04 Å². The molecule has 0 spiro atoms. The molecule has 19 heavy (non-hydrogen) atoms. The number of hydrogen-bond donors (Lipinski definition) is 0. The highest BCUT2D eigenvalue weighted by Gasteiger charge is 2.31. The Morgan fingerprint density at radius 1 is 1.05 bits per heavy atom. The number of hydrogen-bond acceptors (Lipinski definition) is 0. The van der Waals surface area contributed by atoms with E-state index in [9.17, 15) is 4.39 Å². The minimum atomic E-state index is -0.262. The Hall–Kier alpha value is -1.67. The fraction of sp³-hybridized carbons (Fsp3) is 0.176. The van der Waals surface area contributed by atoms with E-state index in [-0.39, 0.29) is 20.9 Å². The normalized spacial score (nSPS) is 21.9. The summed E-state index contributed by atoms with van der Waals surface area (Å²) in [7, 11) is 0.270. The Balaban J connectivity index is 2.21. The Kier molecular flexibility index (Phi) is 3.34. The maximum absolute atomic E-state index is 13.1. The van der Waals surface area contributed by atoms with Crippen LogP contribution in [0.5, 0.6) is 0 Å². The van der Waals surface area contributed by atoms with Gasteiger partial charge in [-0.2, -0.15) is 0 Å². The summed E-state index contributed by atoms with van der Waals surface area (Å²) in [5.74, 6) is 0. The van der Waals surface area contributed by atoms with E-state index in [1.54, 1.807) is 0 Å². The van der Waals surface area contributed by atoms with Crippen molar-refractivity contribution in [3.8, 4) is 0 Å². The van der Waals surface area contributed by atoms with Gasteiger partial charge in [0.25, 0.3) is 0 Å². The summed E-state index contributed by atoms with van der Waals surface area (Å²) in [6.07, 6.45) is 9.04. The lowest BCUT2D eigenvalue weighted by Crippen LogP contribution is -2.33. The molecule has 2 aromatic carbocycles. The van der Waals surface area contributed by atoms with Crippen LogP contribution in [0.15, 0.2) is 66.8 Å². The third-order valence-corrected chi connectivity index (χ3v) is 5.12. The van der Waals surface area contributed by atoms with Crippen molar-refractivity contribution in [1.29, 1.82) is 0 Å². The van der Waals surface area contributed by atoms with Crippen LogP contribution in [-0.4, -0.2) is 15.8 Å². The number of rotatable bonds is 3.